The highest BCUT2D eigenvalue weighted by Crippen LogP contribution is 2.65. The number of hydrogen-bond acceptors (Lipinski definition) is 4. The molecule has 0 aliphatic heterocycles. The second-order valence-corrected chi connectivity index (χ2v) is 10.2. The summed E-state index contributed by atoms with van der Waals surface area (Å²) in [5.74, 6) is 1.62. The third kappa shape index (κ3) is 3.56. The van der Waals surface area contributed by atoms with Crippen LogP contribution in [-0.4, -0.2) is 24.6 Å². The first-order chi connectivity index (χ1) is 14.3. The molecular formula is C26H36O4. The summed E-state index contributed by atoms with van der Waals surface area (Å²) in [5, 5.41) is 0. The largest absolute Gasteiger partial charge is 0.463 e. The van der Waals surface area contributed by atoms with Gasteiger partial charge in [0, 0.05) is 19.4 Å². The van der Waals surface area contributed by atoms with Crippen molar-refractivity contribution in [1.29, 1.82) is 0 Å². The molecule has 30 heavy (non-hydrogen) atoms. The Morgan fingerprint density at radius 3 is 2.60 bits per heavy atom. The average molecular weight is 413 g/mol. The number of ether oxygens (including phenoxy) is 2. The number of carbonyl (C=O) groups excluding carboxylic acids is 2. The van der Waals surface area contributed by atoms with Crippen molar-refractivity contribution < 1.29 is 19.1 Å². The third-order valence-electron chi connectivity index (χ3n) is 8.72. The van der Waals surface area contributed by atoms with Crippen LogP contribution < -0.4 is 0 Å². The van der Waals surface area contributed by atoms with Gasteiger partial charge in [0.05, 0.1) is 6.61 Å². The second kappa shape index (κ2) is 8.01. The van der Waals surface area contributed by atoms with E-state index < -0.39 is 0 Å². The molecule has 0 saturated heterocycles. The van der Waals surface area contributed by atoms with Gasteiger partial charge in [-0.15, -0.1) is 0 Å². The molecule has 0 spiro atoms. The van der Waals surface area contributed by atoms with E-state index in [4.69, 9.17) is 9.47 Å². The standard InChI is InChI=1S/C26H36O4/c1-5-29-24(28)11-8-18-7-10-22-21-9-6-19-16-20(30-17(2)27)12-14-26(19,4)23(21)13-15-25(18,22)3/h6-8,11,20-23H,5,9-10,12-16H2,1-4H3/b11-8+/t20-,21?,22?,23?,25+,26-/m0/s1. The summed E-state index contributed by atoms with van der Waals surface area (Å²) >= 11 is 0. The summed E-state index contributed by atoms with van der Waals surface area (Å²) in [7, 11) is 0. The number of carbonyl (C=O) groups is 2. The Hall–Kier alpha value is -1.84. The summed E-state index contributed by atoms with van der Waals surface area (Å²) in [6.07, 6.45) is 16.2. The molecule has 0 amide bonds. The van der Waals surface area contributed by atoms with Crippen LogP contribution in [0.5, 0.6) is 0 Å². The monoisotopic (exact) mass is 412 g/mol. The van der Waals surface area contributed by atoms with Crippen LogP contribution in [0.3, 0.4) is 0 Å². The lowest BCUT2D eigenvalue weighted by Crippen LogP contribution is -2.50. The smallest absolute Gasteiger partial charge is 0.330 e. The van der Waals surface area contributed by atoms with Crippen molar-refractivity contribution in [1.82, 2.24) is 0 Å². The second-order valence-electron chi connectivity index (χ2n) is 10.2. The van der Waals surface area contributed by atoms with Crippen molar-refractivity contribution in [2.45, 2.75) is 78.7 Å². The predicted octanol–water partition coefficient (Wildman–Crippen LogP) is 5.54. The SMILES string of the molecule is CCOC(=O)/C=C/C1=CCC2C3CC=C4C[C@@H](OC(C)=O)CC[C@]4(C)C3CC[C@]12C. The highest BCUT2D eigenvalue weighted by atomic mass is 16.5. The maximum atomic E-state index is 11.8. The first-order valence-electron chi connectivity index (χ1n) is 11.7. The zero-order valence-electron chi connectivity index (χ0n) is 18.9. The fourth-order valence-corrected chi connectivity index (χ4v) is 7.17. The van der Waals surface area contributed by atoms with Gasteiger partial charge in [0.15, 0.2) is 0 Å². The number of fused-ring (bicyclic) bond motifs is 5. The molecular weight excluding hydrogens is 376 g/mol. The molecule has 0 N–H and O–H groups in total. The highest BCUT2D eigenvalue weighted by molar-refractivity contribution is 5.82. The minimum absolute atomic E-state index is 0.0556. The van der Waals surface area contributed by atoms with Gasteiger partial charge in [-0.3, -0.25) is 4.79 Å². The number of rotatable bonds is 4. The lowest BCUT2D eigenvalue weighted by atomic mass is 9.47. The Bertz CT molecular complexity index is 806. The van der Waals surface area contributed by atoms with Crippen molar-refractivity contribution in [2.75, 3.05) is 6.61 Å². The first kappa shape index (κ1) is 21.4. The molecule has 0 radical (unpaired) electrons. The van der Waals surface area contributed by atoms with Gasteiger partial charge in [-0.2, -0.15) is 0 Å². The molecule has 0 aromatic rings. The van der Waals surface area contributed by atoms with Crippen LogP contribution in [-0.2, 0) is 19.1 Å². The number of hydrogen-bond donors (Lipinski definition) is 0. The normalized spacial score (nSPS) is 40.0. The van der Waals surface area contributed by atoms with Crippen LogP contribution in [0.25, 0.3) is 0 Å². The number of esters is 2. The van der Waals surface area contributed by atoms with Crippen molar-refractivity contribution in [3.8, 4) is 0 Å². The zero-order chi connectivity index (χ0) is 21.5. The summed E-state index contributed by atoms with van der Waals surface area (Å²) in [5.41, 5.74) is 3.24. The molecule has 3 unspecified atom stereocenters. The fourth-order valence-electron chi connectivity index (χ4n) is 7.17. The maximum absolute atomic E-state index is 11.8. The number of allylic oxidation sites excluding steroid dienone is 4. The predicted molar refractivity (Wildman–Crippen MR) is 116 cm³/mol. The van der Waals surface area contributed by atoms with Gasteiger partial charge < -0.3 is 9.47 Å². The van der Waals surface area contributed by atoms with Crippen LogP contribution in [0.15, 0.2) is 35.5 Å². The molecule has 4 heteroatoms. The van der Waals surface area contributed by atoms with E-state index in [9.17, 15) is 9.59 Å². The zero-order valence-corrected chi connectivity index (χ0v) is 18.9. The Kier molecular flexibility index (Phi) is 5.71. The molecule has 4 rings (SSSR count). The molecule has 6 atom stereocenters. The maximum Gasteiger partial charge on any atom is 0.330 e. The molecule has 164 valence electrons. The van der Waals surface area contributed by atoms with Crippen molar-refractivity contribution >= 4 is 11.9 Å². The van der Waals surface area contributed by atoms with Crippen LogP contribution in [0.2, 0.25) is 0 Å². The Labute approximate surface area is 180 Å². The summed E-state index contributed by atoms with van der Waals surface area (Å²) in [6.45, 7) is 8.64. The summed E-state index contributed by atoms with van der Waals surface area (Å²) in [6, 6.07) is 0. The molecule has 4 nitrogen and oxygen atoms in total. The van der Waals surface area contributed by atoms with Crippen LogP contribution in [0.1, 0.15) is 72.6 Å². The van der Waals surface area contributed by atoms with Gasteiger partial charge in [0.25, 0.3) is 0 Å². The van der Waals surface area contributed by atoms with E-state index >= 15 is 0 Å². The van der Waals surface area contributed by atoms with E-state index in [1.807, 2.05) is 13.0 Å². The molecule has 4 aliphatic rings. The molecule has 0 aromatic heterocycles. The summed E-state index contributed by atoms with van der Waals surface area (Å²) < 4.78 is 10.6. The van der Waals surface area contributed by atoms with Gasteiger partial charge >= 0.3 is 11.9 Å². The van der Waals surface area contributed by atoms with E-state index in [0.717, 1.165) is 32.1 Å². The molecule has 0 bridgehead atoms. The van der Waals surface area contributed by atoms with E-state index in [0.29, 0.717) is 24.4 Å². The van der Waals surface area contributed by atoms with E-state index in [-0.39, 0.29) is 28.9 Å². The highest BCUT2D eigenvalue weighted by Gasteiger charge is 2.56. The van der Waals surface area contributed by atoms with Crippen molar-refractivity contribution in [2.24, 2.45) is 28.6 Å². The Morgan fingerprint density at radius 1 is 1.10 bits per heavy atom. The molecule has 4 aliphatic carbocycles. The topological polar surface area (TPSA) is 52.6 Å². The average Bonchev–Trinajstić information content (AvgIpc) is 3.03. The van der Waals surface area contributed by atoms with Gasteiger partial charge in [-0.1, -0.05) is 37.6 Å². The van der Waals surface area contributed by atoms with E-state index in [1.54, 1.807) is 6.08 Å². The van der Waals surface area contributed by atoms with Gasteiger partial charge in [-0.05, 0) is 79.6 Å². The minimum Gasteiger partial charge on any atom is -0.463 e. The Balaban J connectivity index is 1.51. The minimum atomic E-state index is -0.249. The molecule has 0 aromatic carbocycles. The van der Waals surface area contributed by atoms with Crippen LogP contribution in [0, 0.1) is 28.6 Å². The van der Waals surface area contributed by atoms with Gasteiger partial charge in [0.1, 0.15) is 6.10 Å². The van der Waals surface area contributed by atoms with Crippen molar-refractivity contribution in [3.63, 3.8) is 0 Å². The van der Waals surface area contributed by atoms with Gasteiger partial charge in [0.2, 0.25) is 0 Å². The lowest BCUT2D eigenvalue weighted by Gasteiger charge is -2.57. The molecule has 2 fully saturated rings. The third-order valence-corrected chi connectivity index (χ3v) is 8.72. The van der Waals surface area contributed by atoms with Crippen LogP contribution in [0.4, 0.5) is 0 Å². The first-order valence-corrected chi connectivity index (χ1v) is 11.7. The van der Waals surface area contributed by atoms with Crippen LogP contribution >= 0.6 is 0 Å². The molecule has 0 heterocycles. The lowest BCUT2D eigenvalue weighted by molar-refractivity contribution is -0.148. The van der Waals surface area contributed by atoms with Gasteiger partial charge in [-0.25, -0.2) is 4.79 Å². The fraction of sp³-hybridized carbons (Fsp3) is 0.692. The van der Waals surface area contributed by atoms with Crippen molar-refractivity contribution in [3.05, 3.63) is 35.5 Å². The Morgan fingerprint density at radius 2 is 1.87 bits per heavy atom. The van der Waals surface area contributed by atoms with E-state index in [2.05, 4.69) is 26.0 Å². The van der Waals surface area contributed by atoms with E-state index in [1.165, 1.54) is 30.9 Å². The quantitative estimate of drug-likeness (QED) is 0.346. The molecule has 2 saturated carbocycles. The summed E-state index contributed by atoms with van der Waals surface area (Å²) in [4.78, 5) is 23.2.